The number of amides is 2. The van der Waals surface area contributed by atoms with Crippen LogP contribution in [-0.4, -0.2) is 52.6 Å². The first-order chi connectivity index (χ1) is 22.2. The average Bonchev–Trinajstić information content (AvgIpc) is 3.35. The van der Waals surface area contributed by atoms with E-state index in [1.807, 2.05) is 30.3 Å². The highest BCUT2D eigenvalue weighted by Gasteiger charge is 2.33. The number of H-pyrrole nitrogens is 1. The number of aromatic nitrogens is 1. The molecular formula is C37H54N6O5. The number of nitrogens with zero attached hydrogens (tertiary/aromatic N) is 1. The monoisotopic (exact) mass is 662 g/mol. The van der Waals surface area contributed by atoms with Gasteiger partial charge in [-0.2, -0.15) is 0 Å². The van der Waals surface area contributed by atoms with Crippen molar-refractivity contribution >= 4 is 34.8 Å². The third-order valence-electron chi connectivity index (χ3n) is 8.23. The number of ether oxygens (including phenoxy) is 1. The molecular weight excluding hydrogens is 608 g/mol. The zero-order valence-corrected chi connectivity index (χ0v) is 29.9. The largest absolute Gasteiger partial charge is 0.480 e. The van der Waals surface area contributed by atoms with Crippen LogP contribution in [0, 0.1) is 0 Å². The van der Waals surface area contributed by atoms with Crippen LogP contribution in [0.25, 0.3) is 10.9 Å². The molecule has 8 N–H and O–H groups in total. The molecule has 2 unspecified atom stereocenters. The summed E-state index contributed by atoms with van der Waals surface area (Å²) >= 11 is 0. The molecule has 11 nitrogen and oxygen atoms in total. The predicted molar refractivity (Wildman–Crippen MR) is 191 cm³/mol. The summed E-state index contributed by atoms with van der Waals surface area (Å²) in [6, 6.07) is 11.2. The van der Waals surface area contributed by atoms with E-state index in [1.165, 1.54) is 0 Å². The van der Waals surface area contributed by atoms with Gasteiger partial charge in [-0.3, -0.25) is 9.79 Å². The molecule has 11 heteroatoms. The van der Waals surface area contributed by atoms with Crippen molar-refractivity contribution < 1.29 is 24.2 Å². The number of hydrogen-bond donors (Lipinski definition) is 6. The second-order valence-corrected chi connectivity index (χ2v) is 15.5. The molecule has 0 spiro atoms. The number of guanidine groups is 1. The summed E-state index contributed by atoms with van der Waals surface area (Å²) in [5.74, 6) is -1.92. The van der Waals surface area contributed by atoms with Crippen molar-refractivity contribution in [2.75, 3.05) is 6.54 Å². The molecule has 0 bridgehead atoms. The number of alkyl carbamates (subject to hydrolysis) is 1. The van der Waals surface area contributed by atoms with Crippen LogP contribution in [-0.2, 0) is 43.6 Å². The Labute approximate surface area is 284 Å². The summed E-state index contributed by atoms with van der Waals surface area (Å²) in [6.07, 6.45) is -0.262. The minimum Gasteiger partial charge on any atom is -0.480 e. The molecule has 0 saturated heterocycles. The third-order valence-corrected chi connectivity index (χ3v) is 8.23. The molecule has 0 aliphatic rings. The van der Waals surface area contributed by atoms with Crippen molar-refractivity contribution in [2.45, 2.75) is 117 Å². The summed E-state index contributed by atoms with van der Waals surface area (Å²) in [5.41, 5.74) is 16.0. The third kappa shape index (κ3) is 10.2. The van der Waals surface area contributed by atoms with Crippen molar-refractivity contribution in [3.63, 3.8) is 0 Å². The van der Waals surface area contributed by atoms with E-state index >= 15 is 0 Å². The number of carboxylic acids is 1. The van der Waals surface area contributed by atoms with Gasteiger partial charge in [0.05, 0.1) is 0 Å². The Balaban J connectivity index is 1.98. The standard InChI is InChI=1S/C37H54N6O5/c1-35(2,3)23-18-24-25(30(37(7,8)9)43-29(24)26(19-23)36(4,5)6)20-28(32(45)46)41-31(44)27(16-13-17-40-33(38)39)42-34(47)48-21-22-14-11-10-12-15-22/h10-12,14-15,18-19,27-28,43H,13,16-17,20-21H2,1-9H3,(H,41,44)(H,42,47)(H,45,46)(H4,38,39,40). The number of nitrogens with two attached hydrogens (primary N) is 2. The van der Waals surface area contributed by atoms with Crippen LogP contribution in [0.3, 0.4) is 0 Å². The minimum atomic E-state index is -1.28. The number of rotatable bonds is 12. The molecule has 2 atom stereocenters. The second kappa shape index (κ2) is 15.1. The molecule has 0 saturated carbocycles. The first kappa shape index (κ1) is 37.9. The first-order valence-corrected chi connectivity index (χ1v) is 16.4. The van der Waals surface area contributed by atoms with Crippen molar-refractivity contribution in [1.82, 2.24) is 15.6 Å². The number of carbonyl (C=O) groups excluding carboxylic acids is 2. The van der Waals surface area contributed by atoms with E-state index < -0.39 is 30.1 Å². The second-order valence-electron chi connectivity index (χ2n) is 15.5. The maximum Gasteiger partial charge on any atom is 0.408 e. The molecule has 0 radical (unpaired) electrons. The Morgan fingerprint density at radius 1 is 0.896 bits per heavy atom. The van der Waals surface area contributed by atoms with Gasteiger partial charge in [0.25, 0.3) is 0 Å². The van der Waals surface area contributed by atoms with Gasteiger partial charge in [-0.25, -0.2) is 9.59 Å². The Hall–Kier alpha value is -4.54. The highest BCUT2D eigenvalue weighted by molar-refractivity contribution is 5.92. The van der Waals surface area contributed by atoms with E-state index in [4.69, 9.17) is 16.2 Å². The van der Waals surface area contributed by atoms with Crippen molar-refractivity contribution in [3.8, 4) is 0 Å². The van der Waals surface area contributed by atoms with Crippen LogP contribution in [0.2, 0.25) is 0 Å². The first-order valence-electron chi connectivity index (χ1n) is 16.4. The van der Waals surface area contributed by atoms with Gasteiger partial charge in [0, 0.05) is 35.0 Å². The van der Waals surface area contributed by atoms with Gasteiger partial charge < -0.3 is 36.9 Å². The summed E-state index contributed by atoms with van der Waals surface area (Å²) < 4.78 is 5.35. The highest BCUT2D eigenvalue weighted by Crippen LogP contribution is 2.40. The SMILES string of the molecule is CC(C)(C)c1cc(C(C)(C)C)c2[nH]c(C(C)(C)C)c(CC(NC(=O)C(CCCN=C(N)N)NC(=O)OCc3ccccc3)C(=O)O)c2c1. The van der Waals surface area contributed by atoms with E-state index in [9.17, 15) is 19.5 Å². The van der Waals surface area contributed by atoms with Gasteiger partial charge in [0.1, 0.15) is 18.7 Å². The molecule has 0 aliphatic heterocycles. The number of nitrogens with one attached hydrogen (secondary N) is 3. The fourth-order valence-corrected chi connectivity index (χ4v) is 5.58. The quantitative estimate of drug-likeness (QED) is 0.0837. The molecule has 3 rings (SSSR count). The minimum absolute atomic E-state index is 0.00994. The van der Waals surface area contributed by atoms with Crippen molar-refractivity contribution in [1.29, 1.82) is 0 Å². The maximum atomic E-state index is 13.7. The number of fused-ring (bicyclic) bond motifs is 1. The van der Waals surface area contributed by atoms with E-state index in [0.717, 1.165) is 38.9 Å². The molecule has 2 aromatic carbocycles. The molecule has 0 fully saturated rings. The molecule has 48 heavy (non-hydrogen) atoms. The Kier molecular flexibility index (Phi) is 11.9. The van der Waals surface area contributed by atoms with Gasteiger partial charge in [0.15, 0.2) is 5.96 Å². The lowest BCUT2D eigenvalue weighted by atomic mass is 9.78. The topological polar surface area (TPSA) is 185 Å². The van der Waals surface area contributed by atoms with Crippen LogP contribution in [0.1, 0.15) is 103 Å². The van der Waals surface area contributed by atoms with Gasteiger partial charge in [-0.1, -0.05) is 98.7 Å². The molecule has 3 aromatic rings. The smallest absolute Gasteiger partial charge is 0.408 e. The predicted octanol–water partition coefficient (Wildman–Crippen LogP) is 5.52. The van der Waals surface area contributed by atoms with Crippen molar-refractivity contribution in [2.24, 2.45) is 16.5 Å². The van der Waals surface area contributed by atoms with Gasteiger partial charge in [-0.15, -0.1) is 0 Å². The number of carboxylic acid groups (broad SMARTS) is 1. The number of carbonyl (C=O) groups is 3. The van der Waals surface area contributed by atoms with Gasteiger partial charge >= 0.3 is 12.1 Å². The average molecular weight is 663 g/mol. The summed E-state index contributed by atoms with van der Waals surface area (Å²) in [4.78, 5) is 46.9. The highest BCUT2D eigenvalue weighted by atomic mass is 16.5. The van der Waals surface area contributed by atoms with Crippen LogP contribution < -0.4 is 22.1 Å². The summed E-state index contributed by atoms with van der Waals surface area (Å²) in [6.45, 7) is 19.4. The maximum absolute atomic E-state index is 13.7. The van der Waals surface area contributed by atoms with E-state index in [-0.39, 0.29) is 48.2 Å². The lowest BCUT2D eigenvalue weighted by Crippen LogP contribution is -2.52. The fraction of sp³-hybridized carbons (Fsp3) is 0.514. The number of benzene rings is 2. The van der Waals surface area contributed by atoms with Crippen LogP contribution in [0.5, 0.6) is 0 Å². The normalized spacial score (nSPS) is 13.4. The number of aliphatic imine (C=N–C) groups is 1. The lowest BCUT2D eigenvalue weighted by Gasteiger charge is -2.26. The van der Waals surface area contributed by atoms with Crippen LogP contribution in [0.4, 0.5) is 4.79 Å². The van der Waals surface area contributed by atoms with Crippen molar-refractivity contribution in [3.05, 3.63) is 70.4 Å². The number of aliphatic carboxylic acids is 1. The zero-order chi connectivity index (χ0) is 36.0. The Morgan fingerprint density at radius 3 is 2.08 bits per heavy atom. The Morgan fingerprint density at radius 2 is 1.54 bits per heavy atom. The van der Waals surface area contributed by atoms with Crippen LogP contribution >= 0.6 is 0 Å². The van der Waals surface area contributed by atoms with E-state index in [1.54, 1.807) is 0 Å². The molecule has 1 aromatic heterocycles. The Bertz CT molecular complexity index is 1620. The summed E-state index contributed by atoms with van der Waals surface area (Å²) in [7, 11) is 0. The van der Waals surface area contributed by atoms with Gasteiger partial charge in [-0.05, 0) is 52.0 Å². The fourth-order valence-electron chi connectivity index (χ4n) is 5.58. The van der Waals surface area contributed by atoms with Crippen LogP contribution in [0.15, 0.2) is 47.5 Å². The molecule has 262 valence electrons. The van der Waals surface area contributed by atoms with Gasteiger partial charge in [0.2, 0.25) is 5.91 Å². The zero-order valence-electron chi connectivity index (χ0n) is 29.9. The van der Waals surface area contributed by atoms with E-state index in [2.05, 4.69) is 95.1 Å². The number of hydrogen-bond acceptors (Lipinski definition) is 5. The molecule has 0 aliphatic carbocycles. The number of aromatic amines is 1. The molecule has 1 heterocycles. The van der Waals surface area contributed by atoms with E-state index in [0.29, 0.717) is 6.42 Å². The summed E-state index contributed by atoms with van der Waals surface area (Å²) in [5, 5.41) is 16.7. The lowest BCUT2D eigenvalue weighted by molar-refractivity contribution is -0.142. The molecule has 2 amide bonds.